The average molecular weight is 952 g/mol. The Balaban J connectivity index is 4.33. The minimum absolute atomic E-state index is 0.0799. The molecule has 394 valence electrons. The van der Waals surface area contributed by atoms with Crippen molar-refractivity contribution in [1.29, 1.82) is 0 Å². The lowest BCUT2D eigenvalue weighted by Gasteiger charge is -2.18. The third kappa shape index (κ3) is 54.1. The van der Waals surface area contributed by atoms with Gasteiger partial charge in [-0.15, -0.1) is 0 Å². The molecule has 0 heterocycles. The number of allylic oxidation sites excluding steroid dienone is 10. The number of unbranched alkanes of at least 4 members (excludes halogenated alkanes) is 32. The van der Waals surface area contributed by atoms with Gasteiger partial charge in [0.2, 0.25) is 0 Å². The Morgan fingerprint density at radius 3 is 0.868 bits per heavy atom. The van der Waals surface area contributed by atoms with E-state index in [1.54, 1.807) is 0 Å². The molecule has 0 aromatic carbocycles. The predicted octanol–water partition coefficient (Wildman–Crippen LogP) is 19.6. The van der Waals surface area contributed by atoms with E-state index in [0.29, 0.717) is 19.3 Å². The Labute approximate surface area is 421 Å². The molecular weight excluding hydrogens is 841 g/mol. The summed E-state index contributed by atoms with van der Waals surface area (Å²) >= 11 is 0. The maximum atomic E-state index is 12.8. The quantitative estimate of drug-likeness (QED) is 0.0262. The van der Waals surface area contributed by atoms with Gasteiger partial charge in [0.15, 0.2) is 6.10 Å². The zero-order valence-corrected chi connectivity index (χ0v) is 45.1. The molecule has 0 aromatic rings. The van der Waals surface area contributed by atoms with Crippen LogP contribution in [0.2, 0.25) is 0 Å². The molecule has 6 nitrogen and oxygen atoms in total. The highest BCUT2D eigenvalue weighted by Gasteiger charge is 2.19. The second-order valence-electron chi connectivity index (χ2n) is 19.6. The molecule has 1 unspecified atom stereocenters. The number of carbonyl (C=O) groups excluding carboxylic acids is 3. The summed E-state index contributed by atoms with van der Waals surface area (Å²) in [6, 6.07) is 0. The molecule has 68 heavy (non-hydrogen) atoms. The number of hydrogen-bond donors (Lipinski definition) is 0. The number of carbonyl (C=O) groups is 3. The Morgan fingerprint density at radius 1 is 0.294 bits per heavy atom. The summed E-state index contributed by atoms with van der Waals surface area (Å²) in [5, 5.41) is 0. The molecule has 0 bridgehead atoms. The van der Waals surface area contributed by atoms with E-state index in [2.05, 4.69) is 81.5 Å². The van der Waals surface area contributed by atoms with E-state index < -0.39 is 6.10 Å². The number of hydrogen-bond acceptors (Lipinski definition) is 6. The van der Waals surface area contributed by atoms with Crippen LogP contribution in [0.3, 0.4) is 0 Å². The third-order valence-corrected chi connectivity index (χ3v) is 12.7. The summed E-state index contributed by atoms with van der Waals surface area (Å²) in [5.41, 5.74) is 0. The standard InChI is InChI=1S/C62H110O6/c1-4-7-10-13-16-19-22-25-27-28-29-30-31-32-33-34-35-38-40-43-46-49-52-55-61(64)67-58-59(57-66-60(63)54-51-48-45-42-39-36-24-21-18-15-12-9-6-3)68-62(65)56-53-50-47-44-41-37-26-23-20-17-14-11-8-5-2/h14,17,22-23,25-26,28-29,31-32,59H,4-13,15-16,18-21,24,27,30,33-58H2,1-3H3/b17-14-,25-22-,26-23-,29-28-,32-31-. The second kappa shape index (κ2) is 56.7. The van der Waals surface area contributed by atoms with Crippen molar-refractivity contribution in [3.8, 4) is 0 Å². The maximum absolute atomic E-state index is 12.8. The topological polar surface area (TPSA) is 78.9 Å². The fraction of sp³-hybridized carbons (Fsp3) is 0.790. The monoisotopic (exact) mass is 951 g/mol. The van der Waals surface area contributed by atoms with Crippen LogP contribution >= 0.6 is 0 Å². The maximum Gasteiger partial charge on any atom is 0.306 e. The fourth-order valence-corrected chi connectivity index (χ4v) is 8.29. The lowest BCUT2D eigenvalue weighted by Crippen LogP contribution is -2.30. The molecule has 0 saturated carbocycles. The van der Waals surface area contributed by atoms with Crippen molar-refractivity contribution in [2.45, 2.75) is 303 Å². The van der Waals surface area contributed by atoms with Gasteiger partial charge in [-0.1, -0.05) is 255 Å². The first-order valence-corrected chi connectivity index (χ1v) is 29.3. The number of rotatable bonds is 53. The highest BCUT2D eigenvalue weighted by molar-refractivity contribution is 5.71. The van der Waals surface area contributed by atoms with Crippen molar-refractivity contribution in [2.24, 2.45) is 0 Å². The molecule has 0 saturated heterocycles. The van der Waals surface area contributed by atoms with Gasteiger partial charge in [0.1, 0.15) is 13.2 Å². The Hall–Kier alpha value is -2.89. The smallest absolute Gasteiger partial charge is 0.306 e. The van der Waals surface area contributed by atoms with Crippen molar-refractivity contribution in [1.82, 2.24) is 0 Å². The van der Waals surface area contributed by atoms with Crippen LogP contribution in [0.5, 0.6) is 0 Å². The fourth-order valence-electron chi connectivity index (χ4n) is 8.29. The lowest BCUT2D eigenvalue weighted by molar-refractivity contribution is -0.167. The van der Waals surface area contributed by atoms with Gasteiger partial charge in [-0.05, 0) is 83.5 Å². The normalized spacial score (nSPS) is 12.5. The summed E-state index contributed by atoms with van der Waals surface area (Å²) in [6.07, 6.45) is 70.7. The summed E-state index contributed by atoms with van der Waals surface area (Å²) < 4.78 is 16.9. The minimum atomic E-state index is -0.783. The van der Waals surface area contributed by atoms with Crippen LogP contribution < -0.4 is 0 Å². The van der Waals surface area contributed by atoms with Crippen LogP contribution in [0.15, 0.2) is 60.8 Å². The zero-order valence-electron chi connectivity index (χ0n) is 45.1. The first kappa shape index (κ1) is 65.1. The minimum Gasteiger partial charge on any atom is -0.462 e. The van der Waals surface area contributed by atoms with E-state index in [1.165, 1.54) is 154 Å². The van der Waals surface area contributed by atoms with Crippen LogP contribution in [-0.4, -0.2) is 37.2 Å². The molecule has 0 aliphatic carbocycles. The van der Waals surface area contributed by atoms with Crippen molar-refractivity contribution in [2.75, 3.05) is 13.2 Å². The highest BCUT2D eigenvalue weighted by Crippen LogP contribution is 2.16. The molecule has 0 amide bonds. The van der Waals surface area contributed by atoms with Gasteiger partial charge >= 0.3 is 17.9 Å². The number of esters is 3. The molecule has 0 aromatic heterocycles. The Morgan fingerprint density at radius 2 is 0.544 bits per heavy atom. The second-order valence-corrected chi connectivity index (χ2v) is 19.6. The van der Waals surface area contributed by atoms with Crippen LogP contribution in [0.4, 0.5) is 0 Å². The van der Waals surface area contributed by atoms with Crippen molar-refractivity contribution in [3.05, 3.63) is 60.8 Å². The zero-order chi connectivity index (χ0) is 49.3. The molecule has 0 rings (SSSR count). The SMILES string of the molecule is CCCC/C=C\C/C=C\CCCCCCCC(=O)OC(COC(=O)CCCCCCCCCC/C=C\C/C=C\C/C=C\CCCCCCC)COC(=O)CCCCCCCCCCCCCCC. The molecule has 6 heteroatoms. The Kier molecular flexibility index (Phi) is 54.3. The van der Waals surface area contributed by atoms with Crippen LogP contribution in [0, 0.1) is 0 Å². The first-order chi connectivity index (χ1) is 33.5. The van der Waals surface area contributed by atoms with Gasteiger partial charge in [0, 0.05) is 19.3 Å². The molecule has 0 aliphatic heterocycles. The van der Waals surface area contributed by atoms with Gasteiger partial charge in [-0.25, -0.2) is 0 Å². The van der Waals surface area contributed by atoms with E-state index in [1.807, 2.05) is 0 Å². The lowest BCUT2D eigenvalue weighted by atomic mass is 10.0. The Bertz CT molecular complexity index is 1230. The first-order valence-electron chi connectivity index (χ1n) is 29.3. The predicted molar refractivity (Wildman–Crippen MR) is 293 cm³/mol. The van der Waals surface area contributed by atoms with E-state index >= 15 is 0 Å². The van der Waals surface area contributed by atoms with E-state index in [4.69, 9.17) is 14.2 Å². The summed E-state index contributed by atoms with van der Waals surface area (Å²) in [7, 11) is 0. The van der Waals surface area contributed by atoms with Crippen LogP contribution in [-0.2, 0) is 28.6 Å². The van der Waals surface area contributed by atoms with E-state index in [0.717, 1.165) is 103 Å². The van der Waals surface area contributed by atoms with Gasteiger partial charge in [0.05, 0.1) is 0 Å². The molecule has 0 aliphatic rings. The largest absolute Gasteiger partial charge is 0.462 e. The highest BCUT2D eigenvalue weighted by atomic mass is 16.6. The molecular formula is C62H110O6. The van der Waals surface area contributed by atoms with Gasteiger partial charge in [-0.2, -0.15) is 0 Å². The van der Waals surface area contributed by atoms with Gasteiger partial charge in [-0.3, -0.25) is 14.4 Å². The van der Waals surface area contributed by atoms with Gasteiger partial charge < -0.3 is 14.2 Å². The third-order valence-electron chi connectivity index (χ3n) is 12.7. The van der Waals surface area contributed by atoms with Crippen LogP contribution in [0.25, 0.3) is 0 Å². The number of ether oxygens (including phenoxy) is 3. The molecule has 0 N–H and O–H groups in total. The van der Waals surface area contributed by atoms with Crippen molar-refractivity contribution in [3.63, 3.8) is 0 Å². The molecule has 0 fully saturated rings. The van der Waals surface area contributed by atoms with Gasteiger partial charge in [0.25, 0.3) is 0 Å². The summed E-state index contributed by atoms with van der Waals surface area (Å²) in [6.45, 7) is 6.59. The van der Waals surface area contributed by atoms with E-state index in [9.17, 15) is 14.4 Å². The molecule has 1 atom stereocenters. The summed E-state index contributed by atoms with van der Waals surface area (Å²) in [4.78, 5) is 38.1. The molecule has 0 radical (unpaired) electrons. The molecule has 0 spiro atoms. The van der Waals surface area contributed by atoms with Crippen LogP contribution in [0.1, 0.15) is 297 Å². The van der Waals surface area contributed by atoms with Crippen molar-refractivity contribution >= 4 is 17.9 Å². The van der Waals surface area contributed by atoms with Crippen molar-refractivity contribution < 1.29 is 28.6 Å². The average Bonchev–Trinajstić information content (AvgIpc) is 3.34. The summed E-state index contributed by atoms with van der Waals surface area (Å²) in [5.74, 6) is -0.891. The van der Waals surface area contributed by atoms with E-state index in [-0.39, 0.29) is 31.1 Å².